The monoisotopic (exact) mass is 360 g/mol. The van der Waals surface area contributed by atoms with Crippen LogP contribution in [0.4, 0.5) is 0 Å². The van der Waals surface area contributed by atoms with Crippen molar-refractivity contribution in [2.45, 2.75) is 32.7 Å². The van der Waals surface area contributed by atoms with Gasteiger partial charge in [-0.3, -0.25) is 4.99 Å². The summed E-state index contributed by atoms with van der Waals surface area (Å²) in [7, 11) is 1.78. The molecule has 0 fully saturated rings. The number of aromatic nitrogens is 1. The normalized spacial score (nSPS) is 11.5. The highest BCUT2D eigenvalue weighted by molar-refractivity contribution is 7.09. The van der Waals surface area contributed by atoms with Gasteiger partial charge in [0.15, 0.2) is 5.96 Å². The van der Waals surface area contributed by atoms with Crippen molar-refractivity contribution in [2.24, 2.45) is 4.99 Å². The summed E-state index contributed by atoms with van der Waals surface area (Å²) in [5, 5.41) is 9.75. The van der Waals surface area contributed by atoms with Gasteiger partial charge in [0.05, 0.1) is 12.2 Å². The second-order valence-corrected chi connectivity index (χ2v) is 6.61. The maximum absolute atomic E-state index is 5.55. The van der Waals surface area contributed by atoms with Gasteiger partial charge in [-0.15, -0.1) is 11.3 Å². The van der Waals surface area contributed by atoms with Gasteiger partial charge in [-0.25, -0.2) is 4.98 Å². The summed E-state index contributed by atoms with van der Waals surface area (Å²) < 4.78 is 5.55. The van der Waals surface area contributed by atoms with Crippen molar-refractivity contribution in [2.75, 3.05) is 26.8 Å². The molecule has 2 rings (SSSR count). The fourth-order valence-corrected chi connectivity index (χ4v) is 2.99. The molecule has 0 unspecified atom stereocenters. The smallest absolute Gasteiger partial charge is 0.191 e. The van der Waals surface area contributed by atoms with Gasteiger partial charge in [-0.2, -0.15) is 0 Å². The van der Waals surface area contributed by atoms with Crippen LogP contribution in [0.2, 0.25) is 0 Å². The molecule has 1 aromatic carbocycles. The van der Waals surface area contributed by atoms with Gasteiger partial charge in [0, 0.05) is 37.7 Å². The van der Waals surface area contributed by atoms with Crippen molar-refractivity contribution in [3.05, 3.63) is 40.7 Å². The topological polar surface area (TPSA) is 58.5 Å². The molecule has 0 radical (unpaired) electrons. The predicted octanol–water partition coefficient (Wildman–Crippen LogP) is 3.68. The molecule has 2 N–H and O–H groups in total. The van der Waals surface area contributed by atoms with Crippen LogP contribution in [0.15, 0.2) is 40.7 Å². The van der Waals surface area contributed by atoms with Crippen molar-refractivity contribution < 1.29 is 4.74 Å². The summed E-state index contributed by atoms with van der Waals surface area (Å²) in [4.78, 5) is 8.92. The molecular weight excluding hydrogens is 332 g/mol. The van der Waals surface area contributed by atoms with Crippen LogP contribution in [0.1, 0.15) is 31.2 Å². The van der Waals surface area contributed by atoms with Crippen LogP contribution in [0.3, 0.4) is 0 Å². The van der Waals surface area contributed by atoms with Crippen LogP contribution < -0.4 is 10.6 Å². The zero-order valence-electron chi connectivity index (χ0n) is 15.1. The quantitative estimate of drug-likeness (QED) is 0.385. The first-order chi connectivity index (χ1) is 12.3. The lowest BCUT2D eigenvalue weighted by Gasteiger charge is -2.11. The third kappa shape index (κ3) is 7.23. The first-order valence-corrected chi connectivity index (χ1v) is 9.73. The molecule has 1 heterocycles. The average molecular weight is 361 g/mol. The maximum atomic E-state index is 5.55. The van der Waals surface area contributed by atoms with E-state index in [1.807, 2.05) is 18.2 Å². The zero-order valence-corrected chi connectivity index (χ0v) is 15.9. The van der Waals surface area contributed by atoms with Crippen molar-refractivity contribution >= 4 is 17.3 Å². The minimum Gasteiger partial charge on any atom is -0.381 e. The predicted molar refractivity (Wildman–Crippen MR) is 106 cm³/mol. The van der Waals surface area contributed by atoms with Gasteiger partial charge in [-0.1, -0.05) is 43.7 Å². The summed E-state index contributed by atoms with van der Waals surface area (Å²) in [5.41, 5.74) is 2.17. The number of ether oxygens (including phenoxy) is 1. The summed E-state index contributed by atoms with van der Waals surface area (Å²) in [6.45, 7) is 5.34. The Morgan fingerprint density at radius 2 is 1.96 bits per heavy atom. The zero-order chi connectivity index (χ0) is 17.7. The minimum absolute atomic E-state index is 0.671. The first kappa shape index (κ1) is 19.4. The Hall–Kier alpha value is -1.92. The first-order valence-electron chi connectivity index (χ1n) is 8.85. The standard InChI is InChI=1S/C19H28N4OS/c1-3-4-12-24-13-8-11-21-19(20-2)22-14-18-23-17(15-25-18)16-9-6-5-7-10-16/h5-7,9-10,15H,3-4,8,11-14H2,1-2H3,(H2,20,21,22). The highest BCUT2D eigenvalue weighted by atomic mass is 32.1. The van der Waals surface area contributed by atoms with Crippen LogP contribution >= 0.6 is 11.3 Å². The maximum Gasteiger partial charge on any atom is 0.191 e. The number of hydrogen-bond acceptors (Lipinski definition) is 4. The Bertz CT molecular complexity index is 627. The number of nitrogens with zero attached hydrogens (tertiary/aromatic N) is 2. The van der Waals surface area contributed by atoms with Gasteiger partial charge in [-0.05, 0) is 12.8 Å². The Balaban J connectivity index is 1.68. The van der Waals surface area contributed by atoms with Crippen molar-refractivity contribution in [1.82, 2.24) is 15.6 Å². The number of unbranched alkanes of at least 4 members (excludes halogenated alkanes) is 1. The minimum atomic E-state index is 0.671. The van der Waals surface area contributed by atoms with E-state index >= 15 is 0 Å². The molecule has 0 aliphatic heterocycles. The third-order valence-electron chi connectivity index (χ3n) is 3.65. The second kappa shape index (κ2) is 11.6. The molecule has 0 saturated carbocycles. The average Bonchev–Trinajstić information content (AvgIpc) is 3.13. The second-order valence-electron chi connectivity index (χ2n) is 5.66. The number of guanidine groups is 1. The molecule has 136 valence electrons. The van der Waals surface area contributed by atoms with E-state index < -0.39 is 0 Å². The lowest BCUT2D eigenvalue weighted by Crippen LogP contribution is -2.37. The summed E-state index contributed by atoms with van der Waals surface area (Å²) in [5.74, 6) is 0.796. The number of rotatable bonds is 10. The van der Waals surface area contributed by atoms with Crippen LogP contribution in [0.5, 0.6) is 0 Å². The molecule has 2 aromatic rings. The van der Waals surface area contributed by atoms with Crippen molar-refractivity contribution in [3.63, 3.8) is 0 Å². The number of hydrogen-bond donors (Lipinski definition) is 2. The fraction of sp³-hybridized carbons (Fsp3) is 0.474. The molecule has 0 atom stereocenters. The van der Waals surface area contributed by atoms with Gasteiger partial charge in [0.25, 0.3) is 0 Å². The molecule has 5 nitrogen and oxygen atoms in total. The van der Waals surface area contributed by atoms with E-state index in [0.717, 1.165) is 54.8 Å². The third-order valence-corrected chi connectivity index (χ3v) is 4.50. The van der Waals surface area contributed by atoms with E-state index in [4.69, 9.17) is 4.74 Å². The van der Waals surface area contributed by atoms with E-state index in [9.17, 15) is 0 Å². The van der Waals surface area contributed by atoms with Crippen LogP contribution in [0.25, 0.3) is 11.3 Å². The molecular formula is C19H28N4OS. The van der Waals surface area contributed by atoms with Crippen LogP contribution in [0, 0.1) is 0 Å². The molecule has 1 aromatic heterocycles. The Morgan fingerprint density at radius 1 is 1.16 bits per heavy atom. The Kier molecular flexibility index (Phi) is 9.01. The Labute approximate surface area is 154 Å². The Morgan fingerprint density at radius 3 is 2.72 bits per heavy atom. The highest BCUT2D eigenvalue weighted by Gasteiger charge is 2.05. The highest BCUT2D eigenvalue weighted by Crippen LogP contribution is 2.21. The van der Waals surface area contributed by atoms with Crippen molar-refractivity contribution in [1.29, 1.82) is 0 Å². The lowest BCUT2D eigenvalue weighted by atomic mass is 10.2. The number of benzene rings is 1. The summed E-state index contributed by atoms with van der Waals surface area (Å²) >= 11 is 1.66. The number of nitrogens with one attached hydrogen (secondary N) is 2. The van der Waals surface area contributed by atoms with Crippen molar-refractivity contribution in [3.8, 4) is 11.3 Å². The summed E-state index contributed by atoms with van der Waals surface area (Å²) in [6, 6.07) is 10.2. The molecule has 0 amide bonds. The van der Waals surface area contributed by atoms with E-state index in [2.05, 4.69) is 45.0 Å². The molecule has 0 aliphatic rings. The molecule has 0 bridgehead atoms. The van der Waals surface area contributed by atoms with E-state index in [0.29, 0.717) is 6.54 Å². The van der Waals surface area contributed by atoms with Crippen LogP contribution in [-0.4, -0.2) is 37.7 Å². The van der Waals surface area contributed by atoms with E-state index in [-0.39, 0.29) is 0 Å². The van der Waals surface area contributed by atoms with Gasteiger partial charge >= 0.3 is 0 Å². The largest absolute Gasteiger partial charge is 0.381 e. The molecule has 0 aliphatic carbocycles. The molecule has 0 spiro atoms. The van der Waals surface area contributed by atoms with Gasteiger partial charge in [0.2, 0.25) is 0 Å². The molecule has 25 heavy (non-hydrogen) atoms. The summed E-state index contributed by atoms with van der Waals surface area (Å²) in [6.07, 6.45) is 3.28. The van der Waals surface area contributed by atoms with Gasteiger partial charge in [0.1, 0.15) is 5.01 Å². The number of aliphatic imine (C=N–C) groups is 1. The van der Waals surface area contributed by atoms with Gasteiger partial charge < -0.3 is 15.4 Å². The lowest BCUT2D eigenvalue weighted by molar-refractivity contribution is 0.129. The SMILES string of the molecule is CCCCOCCCNC(=NC)NCc1nc(-c2ccccc2)cs1. The molecule has 6 heteroatoms. The molecule has 0 saturated heterocycles. The van der Waals surface area contributed by atoms with Crippen LogP contribution in [-0.2, 0) is 11.3 Å². The van der Waals surface area contributed by atoms with E-state index in [1.165, 1.54) is 6.42 Å². The number of thiazole rings is 1. The van der Waals surface area contributed by atoms with E-state index in [1.54, 1.807) is 18.4 Å². The fourth-order valence-electron chi connectivity index (χ4n) is 2.24.